The Hall–Kier alpha value is -9.12. The number of nitrogens with zero attached hydrogens (tertiary/aromatic N) is 7. The number of aliphatic hydroxyl groups is 2. The average molecular weight is 1740 g/mol. The number of unbranched alkanes of at least 4 members (excludes halogenated alkanes) is 5. The minimum atomic E-state index is -1.54. The van der Waals surface area contributed by atoms with Gasteiger partial charge in [0, 0.05) is 110 Å². The van der Waals surface area contributed by atoms with Gasteiger partial charge < -0.3 is 117 Å². The second kappa shape index (κ2) is 52.6. The van der Waals surface area contributed by atoms with Crippen molar-refractivity contribution in [1.82, 2.24) is 61.8 Å². The molecule has 4 aliphatic heterocycles. The fraction of sp³-hybridized carbons (Fsp3) is 0.724. The number of rotatable bonds is 54. The summed E-state index contributed by atoms with van der Waals surface area (Å²) in [5.74, 6) is -3.86. The predicted octanol–water partition coefficient (Wildman–Crippen LogP) is -2.19. The Labute approximate surface area is 696 Å². The zero-order chi connectivity index (χ0) is 85.6. The van der Waals surface area contributed by atoms with Gasteiger partial charge in [-0.25, -0.2) is 20.4 Å². The van der Waals surface area contributed by atoms with Crippen LogP contribution in [0.3, 0.4) is 0 Å². The summed E-state index contributed by atoms with van der Waals surface area (Å²) in [4.78, 5) is 208. The number of pyridine rings is 1. The molecule has 0 bridgehead atoms. The number of aliphatic carboxylic acids is 2. The maximum absolute atomic E-state index is 14.6. The van der Waals surface area contributed by atoms with Gasteiger partial charge in [0.15, 0.2) is 23.5 Å². The number of hydrogen-bond donors (Lipinski definition) is 19. The summed E-state index contributed by atoms with van der Waals surface area (Å²) in [7, 11) is 0. The van der Waals surface area contributed by atoms with Gasteiger partial charge in [-0.2, -0.15) is 0 Å². The first kappa shape index (κ1) is 100. The molecule has 0 aliphatic carbocycles. The smallest absolute Gasteiger partial charge is 0.326 e. The number of ketones is 3. The monoisotopic (exact) mass is 1740 g/mol. The van der Waals surface area contributed by atoms with Crippen LogP contribution >= 0.6 is 0 Å². The number of anilines is 1. The number of guanidine groups is 2. The van der Waals surface area contributed by atoms with Crippen LogP contribution in [0.5, 0.6) is 0 Å². The van der Waals surface area contributed by atoms with E-state index in [1.807, 2.05) is 0 Å². The molecule has 40 nitrogen and oxygen atoms in total. The zero-order valence-electron chi connectivity index (χ0n) is 67.7. The minimum absolute atomic E-state index is 0. The van der Waals surface area contributed by atoms with Crippen molar-refractivity contribution >= 4 is 100 Å². The number of carbonyl (C=O) groups excluding carboxylic acids is 12. The van der Waals surface area contributed by atoms with Crippen LogP contribution in [0, 0.1) is 5.92 Å². The second-order valence-electron chi connectivity index (χ2n) is 30.5. The first-order valence-corrected chi connectivity index (χ1v) is 40.9. The van der Waals surface area contributed by atoms with Crippen molar-refractivity contribution in [2.24, 2.45) is 56.1 Å². The molecule has 0 saturated carbocycles. The van der Waals surface area contributed by atoms with E-state index in [1.54, 1.807) is 6.92 Å². The summed E-state index contributed by atoms with van der Waals surface area (Å²) >= 11 is 0. The van der Waals surface area contributed by atoms with Crippen LogP contribution < -0.4 is 82.9 Å². The molecule has 117 heavy (non-hydrogen) atoms. The number of hydrazine groups is 1. The number of nitrogens with one attached hydrogen (secondary N) is 8. The van der Waals surface area contributed by atoms with Crippen molar-refractivity contribution in [1.29, 1.82) is 0 Å². The molecule has 41 heteroatoms. The number of carboxylic acids is 2. The number of amides is 10. The summed E-state index contributed by atoms with van der Waals surface area (Å²) in [6.07, 6.45) is 6.01. The van der Waals surface area contributed by atoms with Gasteiger partial charge in [-0.15, -0.1) is 0 Å². The third-order valence-corrected chi connectivity index (χ3v) is 21.5. The molecular formula is C76H128N22O18Tc. The quantitative estimate of drug-likeness (QED) is 0.0108. The molecule has 1 aromatic heterocycles. The number of aliphatic hydroxyl groups excluding tert-OH is 2. The number of aliphatic imine (C=N–C) groups is 2. The number of carbonyl (C=O) groups is 14. The fourth-order valence-electron chi connectivity index (χ4n) is 15.2. The molecular weight excluding hydrogens is 1610 g/mol. The molecule has 14 atom stereocenters. The molecule has 0 aromatic carbocycles. The molecule has 4 aliphatic rings. The largest absolute Gasteiger partial charge is 0.481 e. The summed E-state index contributed by atoms with van der Waals surface area (Å²) < 4.78 is 0. The van der Waals surface area contributed by atoms with E-state index in [1.165, 1.54) is 51.8 Å². The average Bonchev–Trinajstić information content (AvgIpc) is 1.67. The van der Waals surface area contributed by atoms with Crippen LogP contribution in [0.1, 0.15) is 217 Å². The molecule has 26 N–H and O–H groups in total. The molecule has 0 spiro atoms. The number of carboxylic acid groups (broad SMARTS) is 2. The number of urea groups is 1. The van der Waals surface area contributed by atoms with Crippen molar-refractivity contribution in [3.05, 3.63) is 23.9 Å². The Balaban J connectivity index is 0.0000288. The van der Waals surface area contributed by atoms with E-state index in [-0.39, 0.29) is 209 Å². The number of aromatic nitrogens is 1. The predicted molar refractivity (Wildman–Crippen MR) is 428 cm³/mol. The van der Waals surface area contributed by atoms with Crippen LogP contribution in [-0.4, -0.2) is 277 Å². The van der Waals surface area contributed by atoms with E-state index in [2.05, 4.69) is 57.6 Å². The van der Waals surface area contributed by atoms with Crippen LogP contribution in [-0.2, 0) is 77.6 Å². The van der Waals surface area contributed by atoms with Gasteiger partial charge in [-0.1, -0.05) is 12.8 Å². The number of likely N-dealkylation sites (tertiary alicyclic amines) is 4. The Morgan fingerprint density at radius 1 is 0.538 bits per heavy atom. The summed E-state index contributed by atoms with van der Waals surface area (Å²) in [6.45, 7) is 6.35. The third kappa shape index (κ3) is 33.3. The van der Waals surface area contributed by atoms with Gasteiger partial charge in [0.2, 0.25) is 41.4 Å². The molecule has 4 fully saturated rings. The standard InChI is InChI=1S/C76H128N22O18.Tc/c1-45(88-51(21-7-10-34-77)65(105)56-25-16-42-98(56)76(116)97-41-15-24-55(97)59(102)43-48(72(112)113)19-13-37-85-74(79)80)63(46(2)99)92-61(103)28-6-4-5-20-50(101)31-32-52(89-66(106)49-30-33-60(94-83)87-44-49)67(107)84-36-12-9-29-62(104)93-64(47(3)100)69(109)90-53(22-8-11-35-78)70(110)96-40-18-27-58(96)71(111)95-39-17-26-57(95)68(108)91-54(73(114)115)23-14-38-86-75(81)82;/h30,33,44-48,51-58,63-64,88,99-100H,4-29,31-32,34-43,77-78,83H2,1-3H3,(H,84,107)(H,87,94)(H,89,106)(H,90,109)(H,91,108)(H,92,103)(H,93,104)(H,112,113)(H,114,115)(H4,79,80,85)(H4,81,82,86);/i;1+1. The van der Waals surface area contributed by atoms with E-state index < -0.39 is 144 Å². The molecule has 1 aromatic rings. The fourth-order valence-corrected chi connectivity index (χ4v) is 15.2. The Bertz CT molecular complexity index is 3500. The maximum atomic E-state index is 14.6. The van der Waals surface area contributed by atoms with Crippen LogP contribution in [0.2, 0.25) is 0 Å². The minimum Gasteiger partial charge on any atom is -0.481 e. The van der Waals surface area contributed by atoms with Crippen molar-refractivity contribution < 1.29 is 108 Å². The van der Waals surface area contributed by atoms with Gasteiger partial charge in [0.05, 0.1) is 47.9 Å². The van der Waals surface area contributed by atoms with Crippen molar-refractivity contribution in [3.63, 3.8) is 0 Å². The zero-order valence-corrected chi connectivity index (χ0v) is 69.6. The summed E-state index contributed by atoms with van der Waals surface area (Å²) in [6, 6.07) is -8.92. The normalized spacial score (nSPS) is 19.0. The molecule has 14 unspecified atom stereocenters. The van der Waals surface area contributed by atoms with Gasteiger partial charge in [0.25, 0.3) is 5.91 Å². The number of nitrogen functional groups attached to an aromatic ring is 1. The topological polar surface area (TPSA) is 649 Å². The molecule has 5 rings (SSSR count). The van der Waals surface area contributed by atoms with E-state index in [0.29, 0.717) is 103 Å². The third-order valence-electron chi connectivity index (χ3n) is 21.5. The SMILES string of the molecule is CC(O)C(NC(=O)CCCCNC(=O)C(CCC(=O)CCCCCC(=O)NC(C(C)O)C(C)NC(CCCCN)C(=O)C1CCCN1C(=O)N1CCCC1C(=O)CC(CCCN=C(N)N)C(=O)O)NC(=O)c1ccc(NN)nc1)C(=O)NC(CCCCN)C(=O)N1CCCC1C(=O)N1CCCC1C(=O)NC(CCCN=C(N)N)C(=O)O.[99Tc]. The van der Waals surface area contributed by atoms with Gasteiger partial charge >= 0.3 is 18.0 Å². The first-order valence-electron chi connectivity index (χ1n) is 40.9. The molecule has 10 amide bonds. The van der Waals surface area contributed by atoms with E-state index >= 15 is 0 Å². The van der Waals surface area contributed by atoms with E-state index in [9.17, 15) is 87.5 Å². The molecule has 657 valence electrons. The van der Waals surface area contributed by atoms with E-state index in [4.69, 9.17) is 40.2 Å². The van der Waals surface area contributed by atoms with Crippen molar-refractivity contribution in [2.45, 2.75) is 286 Å². The van der Waals surface area contributed by atoms with Crippen LogP contribution in [0.4, 0.5) is 10.6 Å². The van der Waals surface area contributed by atoms with Crippen molar-refractivity contribution in [3.8, 4) is 0 Å². The Kier molecular flexibility index (Phi) is 45.1. The van der Waals surface area contributed by atoms with Gasteiger partial charge in [-0.05, 0) is 187 Å². The van der Waals surface area contributed by atoms with E-state index in [0.717, 1.165) is 0 Å². The summed E-state index contributed by atoms with van der Waals surface area (Å²) in [5.41, 5.74) is 35.6. The molecule has 4 saturated heterocycles. The summed E-state index contributed by atoms with van der Waals surface area (Å²) in [5, 5.41) is 61.1. The molecule has 5 heterocycles. The van der Waals surface area contributed by atoms with Crippen LogP contribution in [0.25, 0.3) is 0 Å². The Morgan fingerprint density at radius 2 is 1.09 bits per heavy atom. The maximum Gasteiger partial charge on any atom is 0.326 e. The molecule has 1 radical (unpaired) electrons. The Morgan fingerprint density at radius 3 is 1.68 bits per heavy atom. The number of Topliss-reactive ketones (excluding diaryl/α,β-unsaturated/α-hetero) is 3. The van der Waals surface area contributed by atoms with Crippen LogP contribution in [0.15, 0.2) is 28.3 Å². The number of hydrogen-bond acceptors (Lipinski definition) is 24. The van der Waals surface area contributed by atoms with Gasteiger partial charge in [0.1, 0.15) is 47.9 Å². The number of nitrogens with two attached hydrogens (primary N) is 7. The first-order chi connectivity index (χ1) is 55.3. The van der Waals surface area contributed by atoms with Gasteiger partial charge in [-0.3, -0.25) is 67.5 Å². The second-order valence-corrected chi connectivity index (χ2v) is 30.5. The van der Waals surface area contributed by atoms with Crippen molar-refractivity contribution in [2.75, 3.05) is 64.3 Å².